The average Bonchev–Trinajstić information content (AvgIpc) is 2.40. The molecule has 1 aromatic heterocycles. The zero-order valence-corrected chi connectivity index (χ0v) is 10.9. The molecule has 3 nitrogen and oxygen atoms in total. The number of rotatable bonds is 1. The first-order valence-corrected chi connectivity index (χ1v) is 6.93. The van der Waals surface area contributed by atoms with Crippen molar-refractivity contribution in [3.63, 3.8) is 0 Å². The molecule has 1 aliphatic carbocycles. The van der Waals surface area contributed by atoms with Crippen LogP contribution in [0.2, 0.25) is 5.15 Å². The Balaban J connectivity index is 2.11. The summed E-state index contributed by atoms with van der Waals surface area (Å²) in [7, 11) is 0. The van der Waals surface area contributed by atoms with E-state index in [-0.39, 0.29) is 0 Å². The fraction of sp³-hybridized carbons (Fsp3) is 0.692. The predicted molar refractivity (Wildman–Crippen MR) is 71.1 cm³/mol. The number of nitrogens with two attached hydrogens (primary N) is 1. The number of aromatic nitrogens is 2. The maximum Gasteiger partial charge on any atom is 0.135 e. The molecule has 2 N–H and O–H groups in total. The van der Waals surface area contributed by atoms with Gasteiger partial charge in [-0.2, -0.15) is 0 Å². The van der Waals surface area contributed by atoms with Gasteiger partial charge in [0.05, 0.1) is 0 Å². The Kier molecular flexibility index (Phi) is 4.60. The molecule has 0 atom stereocenters. The Bertz CT molecular complexity index is 337. The predicted octanol–water partition coefficient (Wildman–Crippen LogP) is 3.93. The van der Waals surface area contributed by atoms with Crippen LogP contribution in [-0.4, -0.2) is 9.97 Å². The van der Waals surface area contributed by atoms with Crippen LogP contribution >= 0.6 is 11.6 Å². The molecule has 0 unspecified atom stereocenters. The van der Waals surface area contributed by atoms with E-state index in [4.69, 9.17) is 17.3 Å². The number of hydrogen-bond acceptors (Lipinski definition) is 3. The highest BCUT2D eigenvalue weighted by atomic mass is 35.5. The van der Waals surface area contributed by atoms with Crippen LogP contribution in [-0.2, 0) is 0 Å². The van der Waals surface area contributed by atoms with E-state index < -0.39 is 0 Å². The second kappa shape index (κ2) is 6.20. The molecule has 94 valence electrons. The molecule has 1 fully saturated rings. The number of halogens is 1. The van der Waals surface area contributed by atoms with Gasteiger partial charge < -0.3 is 5.73 Å². The molecule has 0 saturated heterocycles. The van der Waals surface area contributed by atoms with Crippen LogP contribution in [0.4, 0.5) is 5.82 Å². The summed E-state index contributed by atoms with van der Waals surface area (Å²) in [6.07, 6.45) is 10.2. The molecule has 2 rings (SSSR count). The smallest absolute Gasteiger partial charge is 0.135 e. The summed E-state index contributed by atoms with van der Waals surface area (Å²) >= 11 is 5.94. The van der Waals surface area contributed by atoms with Gasteiger partial charge >= 0.3 is 0 Å². The van der Waals surface area contributed by atoms with E-state index in [0.29, 0.717) is 16.9 Å². The summed E-state index contributed by atoms with van der Waals surface area (Å²) in [5, 5.41) is 0.465. The van der Waals surface area contributed by atoms with Crippen molar-refractivity contribution >= 4 is 17.4 Å². The third kappa shape index (κ3) is 3.84. The van der Waals surface area contributed by atoms with Crippen LogP contribution in [0.1, 0.15) is 63.1 Å². The van der Waals surface area contributed by atoms with E-state index in [9.17, 15) is 0 Å². The van der Waals surface area contributed by atoms with Crippen LogP contribution in [0.25, 0.3) is 0 Å². The molecule has 1 aromatic rings. The molecular weight excluding hydrogens is 234 g/mol. The third-order valence-electron chi connectivity index (χ3n) is 3.45. The van der Waals surface area contributed by atoms with Crippen LogP contribution < -0.4 is 5.73 Å². The maximum atomic E-state index is 5.94. The van der Waals surface area contributed by atoms with Crippen LogP contribution in [0, 0.1) is 0 Å². The van der Waals surface area contributed by atoms with Crippen molar-refractivity contribution < 1.29 is 0 Å². The Morgan fingerprint density at radius 2 is 1.59 bits per heavy atom. The summed E-state index contributed by atoms with van der Waals surface area (Å²) in [6, 6.07) is 1.61. The highest BCUT2D eigenvalue weighted by molar-refractivity contribution is 6.29. The van der Waals surface area contributed by atoms with Crippen molar-refractivity contribution in [2.75, 3.05) is 5.73 Å². The Morgan fingerprint density at radius 1 is 1.00 bits per heavy atom. The van der Waals surface area contributed by atoms with Crippen LogP contribution in [0.5, 0.6) is 0 Å². The van der Waals surface area contributed by atoms with Gasteiger partial charge in [-0.25, -0.2) is 9.97 Å². The molecule has 0 radical (unpaired) electrons. The second-order valence-corrected chi connectivity index (χ2v) is 5.26. The van der Waals surface area contributed by atoms with Crippen molar-refractivity contribution in [3.05, 3.63) is 17.0 Å². The number of nitrogens with zero attached hydrogens (tertiary/aromatic N) is 2. The highest BCUT2D eigenvalue weighted by Crippen LogP contribution is 2.29. The van der Waals surface area contributed by atoms with Crippen molar-refractivity contribution in [3.8, 4) is 0 Å². The minimum Gasteiger partial charge on any atom is -0.384 e. The van der Waals surface area contributed by atoms with Gasteiger partial charge in [0.15, 0.2) is 0 Å². The quantitative estimate of drug-likeness (QED) is 0.772. The SMILES string of the molecule is Nc1cc(Cl)nc(C2CCCCCCCC2)n1. The molecule has 17 heavy (non-hydrogen) atoms. The standard InChI is InChI=1S/C13H20ClN3/c14-11-9-12(15)17-13(16-11)10-7-5-3-1-2-4-6-8-10/h9-10H,1-8H2,(H2,15,16,17). The lowest BCUT2D eigenvalue weighted by atomic mass is 9.96. The average molecular weight is 254 g/mol. The molecule has 1 heterocycles. The maximum absolute atomic E-state index is 5.94. The zero-order valence-electron chi connectivity index (χ0n) is 10.2. The van der Waals surface area contributed by atoms with E-state index in [1.165, 1.54) is 51.4 Å². The fourth-order valence-corrected chi connectivity index (χ4v) is 2.73. The molecular formula is C13H20ClN3. The van der Waals surface area contributed by atoms with E-state index >= 15 is 0 Å². The first-order valence-electron chi connectivity index (χ1n) is 6.55. The third-order valence-corrected chi connectivity index (χ3v) is 3.65. The normalized spacial score (nSPS) is 19.4. The molecule has 1 aliphatic rings. The highest BCUT2D eigenvalue weighted by Gasteiger charge is 2.16. The number of nitrogen functional groups attached to an aromatic ring is 1. The van der Waals surface area contributed by atoms with Crippen molar-refractivity contribution in [2.24, 2.45) is 0 Å². The van der Waals surface area contributed by atoms with Gasteiger partial charge in [0.1, 0.15) is 16.8 Å². The first-order chi connectivity index (χ1) is 8.25. The monoisotopic (exact) mass is 253 g/mol. The van der Waals surface area contributed by atoms with E-state index in [1.54, 1.807) is 6.07 Å². The molecule has 1 saturated carbocycles. The number of hydrogen-bond donors (Lipinski definition) is 1. The lowest BCUT2D eigenvalue weighted by Crippen LogP contribution is -2.07. The molecule has 0 spiro atoms. The first kappa shape index (κ1) is 12.6. The molecule has 0 amide bonds. The van der Waals surface area contributed by atoms with Crippen molar-refractivity contribution in [1.82, 2.24) is 9.97 Å². The Labute approximate surface area is 108 Å². The summed E-state index contributed by atoms with van der Waals surface area (Å²) in [5.74, 6) is 1.77. The van der Waals surface area contributed by atoms with Gasteiger partial charge in [0.2, 0.25) is 0 Å². The van der Waals surface area contributed by atoms with Gasteiger partial charge in [-0.05, 0) is 12.8 Å². The van der Waals surface area contributed by atoms with Crippen molar-refractivity contribution in [2.45, 2.75) is 57.3 Å². The summed E-state index contributed by atoms with van der Waals surface area (Å²) < 4.78 is 0. The van der Waals surface area contributed by atoms with E-state index in [1.807, 2.05) is 0 Å². The lowest BCUT2D eigenvalue weighted by molar-refractivity contribution is 0.516. The molecule has 4 heteroatoms. The number of anilines is 1. The largest absolute Gasteiger partial charge is 0.384 e. The van der Waals surface area contributed by atoms with E-state index in [2.05, 4.69) is 9.97 Å². The van der Waals surface area contributed by atoms with Gasteiger partial charge in [0, 0.05) is 12.0 Å². The summed E-state index contributed by atoms with van der Waals surface area (Å²) in [5.41, 5.74) is 5.73. The topological polar surface area (TPSA) is 51.8 Å². The fourth-order valence-electron chi connectivity index (χ4n) is 2.53. The van der Waals surface area contributed by atoms with E-state index in [0.717, 1.165) is 5.82 Å². The Hall–Kier alpha value is -0.830. The van der Waals surface area contributed by atoms with Crippen LogP contribution in [0.15, 0.2) is 6.07 Å². The van der Waals surface area contributed by atoms with Crippen LogP contribution in [0.3, 0.4) is 0 Å². The van der Waals surface area contributed by atoms with Gasteiger partial charge in [-0.1, -0.05) is 50.1 Å². The molecule has 0 aromatic carbocycles. The summed E-state index contributed by atoms with van der Waals surface area (Å²) in [4.78, 5) is 8.68. The summed E-state index contributed by atoms with van der Waals surface area (Å²) in [6.45, 7) is 0. The van der Waals surface area contributed by atoms with Gasteiger partial charge in [-0.3, -0.25) is 0 Å². The minimum absolute atomic E-state index is 0.439. The van der Waals surface area contributed by atoms with Crippen molar-refractivity contribution in [1.29, 1.82) is 0 Å². The molecule has 0 bridgehead atoms. The van der Waals surface area contributed by atoms with Gasteiger partial charge in [-0.15, -0.1) is 0 Å². The van der Waals surface area contributed by atoms with Gasteiger partial charge in [0.25, 0.3) is 0 Å². The second-order valence-electron chi connectivity index (χ2n) is 4.87. The molecule has 0 aliphatic heterocycles. The lowest BCUT2D eigenvalue weighted by Gasteiger charge is -2.14. The zero-order chi connectivity index (χ0) is 12.1. The Morgan fingerprint density at radius 3 is 2.18 bits per heavy atom. The minimum atomic E-state index is 0.439.